The van der Waals surface area contributed by atoms with Crippen LogP contribution in [-0.4, -0.2) is 37.4 Å². The van der Waals surface area contributed by atoms with Gasteiger partial charge in [-0.1, -0.05) is 45.4 Å². The molecular formula is C17H29N5O3. The Kier molecular flexibility index (Phi) is 7.24. The molecule has 0 fully saturated rings. The first-order valence-electron chi connectivity index (χ1n) is 9.14. The summed E-state index contributed by atoms with van der Waals surface area (Å²) in [7, 11) is 1.58. The van der Waals surface area contributed by atoms with E-state index >= 15 is 0 Å². The summed E-state index contributed by atoms with van der Waals surface area (Å²) in [5.41, 5.74) is -0.150. The minimum absolute atomic E-state index is 0.0318. The number of anilines is 1. The van der Waals surface area contributed by atoms with Crippen molar-refractivity contribution in [3.63, 3.8) is 0 Å². The van der Waals surface area contributed by atoms with E-state index in [1.54, 1.807) is 7.05 Å². The van der Waals surface area contributed by atoms with Crippen LogP contribution in [-0.2, 0) is 13.6 Å². The van der Waals surface area contributed by atoms with E-state index in [1.165, 1.54) is 36.7 Å². The second-order valence-corrected chi connectivity index (χ2v) is 6.35. The number of aliphatic hydroxyl groups is 1. The summed E-state index contributed by atoms with van der Waals surface area (Å²) < 4.78 is 3.15. The van der Waals surface area contributed by atoms with Gasteiger partial charge in [-0.25, -0.2) is 4.79 Å². The quantitative estimate of drug-likeness (QED) is 0.533. The zero-order chi connectivity index (χ0) is 18.2. The summed E-state index contributed by atoms with van der Waals surface area (Å²) in [5.74, 6) is 0.515. The number of nitrogens with zero attached hydrogens (tertiary/aromatic N) is 3. The molecule has 0 unspecified atom stereocenters. The smallest absolute Gasteiger partial charge is 0.329 e. The third-order valence-electron chi connectivity index (χ3n) is 4.39. The number of hydrogen-bond donors (Lipinski definition) is 3. The lowest BCUT2D eigenvalue weighted by Crippen LogP contribution is -2.29. The van der Waals surface area contributed by atoms with Gasteiger partial charge in [0.25, 0.3) is 5.56 Å². The number of hydrogen-bond acceptors (Lipinski definition) is 5. The third kappa shape index (κ3) is 4.72. The highest BCUT2D eigenvalue weighted by atomic mass is 16.3. The Morgan fingerprint density at radius 2 is 1.80 bits per heavy atom. The Morgan fingerprint density at radius 1 is 1.12 bits per heavy atom. The normalized spacial score (nSPS) is 11.3. The van der Waals surface area contributed by atoms with E-state index < -0.39 is 11.2 Å². The van der Waals surface area contributed by atoms with Crippen LogP contribution in [0.5, 0.6) is 0 Å². The standard InChI is InChI=1S/C17H29N5O3/c1-3-4-5-6-7-8-9-11-22-13-14(19-16(22)18-10-12-23)21(2)17(25)20-15(13)24/h23H,3-12H2,1-2H3,(H,18,19)(H,20,24,25). The van der Waals surface area contributed by atoms with Crippen molar-refractivity contribution in [2.75, 3.05) is 18.5 Å². The Morgan fingerprint density at radius 3 is 2.48 bits per heavy atom. The van der Waals surface area contributed by atoms with E-state index in [4.69, 9.17) is 5.11 Å². The fraction of sp³-hybridized carbons (Fsp3) is 0.706. The number of unbranched alkanes of at least 4 members (excludes halogenated alkanes) is 6. The number of H-pyrrole nitrogens is 1. The van der Waals surface area contributed by atoms with Crippen molar-refractivity contribution >= 4 is 17.1 Å². The molecule has 0 aromatic carbocycles. The highest BCUT2D eigenvalue weighted by molar-refractivity contribution is 5.74. The predicted octanol–water partition coefficient (Wildman–Crippen LogP) is 1.58. The molecule has 3 N–H and O–H groups in total. The van der Waals surface area contributed by atoms with Gasteiger partial charge in [0, 0.05) is 20.1 Å². The van der Waals surface area contributed by atoms with Crippen molar-refractivity contribution in [1.29, 1.82) is 0 Å². The molecule has 2 heterocycles. The number of fused-ring (bicyclic) bond motifs is 1. The summed E-state index contributed by atoms with van der Waals surface area (Å²) in [4.78, 5) is 30.8. The highest BCUT2D eigenvalue weighted by Crippen LogP contribution is 2.17. The maximum atomic E-state index is 12.3. The molecular weight excluding hydrogens is 322 g/mol. The Labute approximate surface area is 146 Å². The number of aromatic nitrogens is 4. The molecule has 8 heteroatoms. The summed E-state index contributed by atoms with van der Waals surface area (Å²) in [6, 6.07) is 0. The highest BCUT2D eigenvalue weighted by Gasteiger charge is 2.16. The molecule has 0 amide bonds. The van der Waals surface area contributed by atoms with Gasteiger partial charge in [-0.05, 0) is 6.42 Å². The van der Waals surface area contributed by atoms with Gasteiger partial charge >= 0.3 is 5.69 Å². The van der Waals surface area contributed by atoms with Crippen LogP contribution in [0.4, 0.5) is 5.95 Å². The van der Waals surface area contributed by atoms with Crippen LogP contribution in [0.3, 0.4) is 0 Å². The number of nitrogens with one attached hydrogen (secondary N) is 2. The SMILES string of the molecule is CCCCCCCCCn1c(NCCO)nc2c1c(=O)[nH]c(=O)n2C. The summed E-state index contributed by atoms with van der Waals surface area (Å²) in [5, 5.41) is 12.1. The van der Waals surface area contributed by atoms with Gasteiger partial charge in [0.15, 0.2) is 11.2 Å². The van der Waals surface area contributed by atoms with Crippen molar-refractivity contribution in [1.82, 2.24) is 19.1 Å². The number of aliphatic hydroxyl groups excluding tert-OH is 1. The van der Waals surface area contributed by atoms with Gasteiger partial charge < -0.3 is 15.0 Å². The lowest BCUT2D eigenvalue weighted by Gasteiger charge is -2.09. The molecule has 2 rings (SSSR count). The molecule has 0 aliphatic heterocycles. The average Bonchev–Trinajstić information content (AvgIpc) is 2.96. The van der Waals surface area contributed by atoms with Crippen LogP contribution in [0.25, 0.3) is 11.2 Å². The Balaban J connectivity index is 2.16. The minimum atomic E-state index is -0.480. The van der Waals surface area contributed by atoms with Gasteiger partial charge in [0.1, 0.15) is 0 Å². The molecule has 0 aliphatic rings. The minimum Gasteiger partial charge on any atom is -0.395 e. The zero-order valence-electron chi connectivity index (χ0n) is 15.2. The maximum Gasteiger partial charge on any atom is 0.329 e. The van der Waals surface area contributed by atoms with Crippen molar-refractivity contribution in [2.45, 2.75) is 58.4 Å². The molecule has 140 valence electrons. The molecule has 0 bridgehead atoms. The number of aromatic amines is 1. The topological polar surface area (TPSA) is 105 Å². The number of aryl methyl sites for hydroxylation is 2. The van der Waals surface area contributed by atoms with Crippen molar-refractivity contribution in [3.05, 3.63) is 20.8 Å². The Bertz CT molecular complexity index is 790. The van der Waals surface area contributed by atoms with Crippen LogP contribution in [0, 0.1) is 0 Å². The summed E-state index contributed by atoms with van der Waals surface area (Å²) in [6.07, 6.45) is 8.24. The van der Waals surface area contributed by atoms with E-state index in [1.807, 2.05) is 4.57 Å². The van der Waals surface area contributed by atoms with E-state index in [0.717, 1.165) is 12.8 Å². The molecule has 0 spiro atoms. The maximum absolute atomic E-state index is 12.3. The first-order valence-corrected chi connectivity index (χ1v) is 9.14. The third-order valence-corrected chi connectivity index (χ3v) is 4.39. The molecule has 2 aromatic rings. The van der Waals surface area contributed by atoms with Gasteiger partial charge in [-0.2, -0.15) is 4.98 Å². The first-order chi connectivity index (χ1) is 12.1. The molecule has 0 saturated carbocycles. The van der Waals surface area contributed by atoms with Gasteiger partial charge in [-0.3, -0.25) is 14.3 Å². The molecule has 0 atom stereocenters. The van der Waals surface area contributed by atoms with Crippen molar-refractivity contribution in [3.8, 4) is 0 Å². The molecule has 8 nitrogen and oxygen atoms in total. The van der Waals surface area contributed by atoms with Crippen LogP contribution < -0.4 is 16.6 Å². The fourth-order valence-corrected chi connectivity index (χ4v) is 2.98. The second-order valence-electron chi connectivity index (χ2n) is 6.35. The summed E-state index contributed by atoms with van der Waals surface area (Å²) in [6.45, 7) is 3.16. The largest absolute Gasteiger partial charge is 0.395 e. The monoisotopic (exact) mass is 351 g/mol. The predicted molar refractivity (Wildman–Crippen MR) is 99.2 cm³/mol. The molecule has 0 radical (unpaired) electrons. The number of rotatable bonds is 11. The van der Waals surface area contributed by atoms with Gasteiger partial charge in [0.05, 0.1) is 6.61 Å². The average molecular weight is 351 g/mol. The van der Waals surface area contributed by atoms with E-state index in [-0.39, 0.29) is 6.61 Å². The molecule has 25 heavy (non-hydrogen) atoms. The number of imidazole rings is 1. The van der Waals surface area contributed by atoms with Crippen molar-refractivity contribution < 1.29 is 5.11 Å². The van der Waals surface area contributed by atoms with Crippen LogP contribution in [0.15, 0.2) is 9.59 Å². The van der Waals surface area contributed by atoms with Gasteiger partial charge in [0.2, 0.25) is 5.95 Å². The van der Waals surface area contributed by atoms with Crippen molar-refractivity contribution in [2.24, 2.45) is 7.05 Å². The van der Waals surface area contributed by atoms with Crippen LogP contribution in [0.2, 0.25) is 0 Å². The van der Waals surface area contributed by atoms with E-state index in [9.17, 15) is 9.59 Å². The zero-order valence-corrected chi connectivity index (χ0v) is 15.2. The first kappa shape index (κ1) is 19.2. The van der Waals surface area contributed by atoms with Crippen LogP contribution in [0.1, 0.15) is 51.9 Å². The fourth-order valence-electron chi connectivity index (χ4n) is 2.98. The molecule has 0 aliphatic carbocycles. The van der Waals surface area contributed by atoms with Gasteiger partial charge in [-0.15, -0.1) is 0 Å². The van der Waals surface area contributed by atoms with E-state index in [0.29, 0.717) is 30.2 Å². The lowest BCUT2D eigenvalue weighted by molar-refractivity contribution is 0.310. The molecule has 2 aromatic heterocycles. The summed E-state index contributed by atoms with van der Waals surface area (Å²) >= 11 is 0. The lowest BCUT2D eigenvalue weighted by atomic mass is 10.1. The molecule has 0 saturated heterocycles. The Hall–Kier alpha value is -2.09. The second kappa shape index (κ2) is 9.41. The van der Waals surface area contributed by atoms with E-state index in [2.05, 4.69) is 22.2 Å². The van der Waals surface area contributed by atoms with Crippen LogP contribution >= 0.6 is 0 Å².